The molecule has 39 heavy (non-hydrogen) atoms. The Morgan fingerprint density at radius 3 is 2.82 bits per heavy atom. The number of anilines is 3. The molecular weight excluding hydrogens is 501 g/mol. The monoisotopic (exact) mass is 533 g/mol. The second-order valence-corrected chi connectivity index (χ2v) is 9.68. The smallest absolute Gasteiger partial charge is 0.246 e. The molecule has 1 aliphatic heterocycles. The number of rotatable bonds is 11. The number of piperidine rings is 1. The van der Waals surface area contributed by atoms with Gasteiger partial charge in [0.2, 0.25) is 5.91 Å². The van der Waals surface area contributed by atoms with Crippen LogP contribution in [0.5, 0.6) is 5.75 Å². The highest BCUT2D eigenvalue weighted by Gasteiger charge is 2.18. The normalized spacial score (nSPS) is 14.4. The number of aliphatic hydroxyl groups is 1. The van der Waals surface area contributed by atoms with E-state index in [1.165, 1.54) is 29.2 Å². The number of amides is 1. The lowest BCUT2D eigenvalue weighted by Gasteiger charge is -2.30. The molecule has 204 valence electrons. The molecule has 0 bridgehead atoms. The lowest BCUT2D eigenvalue weighted by Crippen LogP contribution is -2.35. The Kier molecular flexibility index (Phi) is 8.59. The van der Waals surface area contributed by atoms with E-state index in [2.05, 4.69) is 30.6 Å². The molecule has 1 amide bonds. The average molecular weight is 534 g/mol. The maximum Gasteiger partial charge on any atom is 0.246 e. The van der Waals surface area contributed by atoms with Gasteiger partial charge in [-0.2, -0.15) is 5.10 Å². The van der Waals surface area contributed by atoms with Gasteiger partial charge in [0.25, 0.3) is 0 Å². The van der Waals surface area contributed by atoms with Gasteiger partial charge in [0.1, 0.15) is 30.3 Å². The van der Waals surface area contributed by atoms with E-state index in [-0.39, 0.29) is 12.5 Å². The fraction of sp³-hybridized carbons (Fsp3) is 0.357. The minimum Gasteiger partial charge on any atom is -0.493 e. The first kappa shape index (κ1) is 26.5. The molecule has 1 saturated heterocycles. The van der Waals surface area contributed by atoms with Crippen molar-refractivity contribution in [1.29, 1.82) is 0 Å². The largest absolute Gasteiger partial charge is 0.493 e. The number of fused-ring (bicyclic) bond motifs is 1. The summed E-state index contributed by atoms with van der Waals surface area (Å²) in [5.41, 5.74) is 1.80. The van der Waals surface area contributed by atoms with Crippen LogP contribution in [0.25, 0.3) is 10.9 Å². The summed E-state index contributed by atoms with van der Waals surface area (Å²) in [6.07, 6.45) is 7.84. The molecular formula is C28H32FN7O3. The van der Waals surface area contributed by atoms with Crippen LogP contribution >= 0.6 is 0 Å². The summed E-state index contributed by atoms with van der Waals surface area (Å²) < 4.78 is 20.8. The maximum atomic E-state index is 13.3. The van der Waals surface area contributed by atoms with Gasteiger partial charge in [0.15, 0.2) is 0 Å². The van der Waals surface area contributed by atoms with Crippen molar-refractivity contribution in [2.24, 2.45) is 5.92 Å². The SMILES string of the molecule is O=C(Cn1cc(Nc2ncnc3cc(OCCCN4CCC(CO)CC4)ccc23)cn1)Nc1cccc(F)c1. The predicted molar refractivity (Wildman–Crippen MR) is 146 cm³/mol. The lowest BCUT2D eigenvalue weighted by molar-refractivity contribution is -0.116. The molecule has 4 aromatic rings. The molecule has 11 heteroatoms. The van der Waals surface area contributed by atoms with Gasteiger partial charge >= 0.3 is 0 Å². The molecule has 0 unspecified atom stereocenters. The van der Waals surface area contributed by atoms with Crippen LogP contribution < -0.4 is 15.4 Å². The number of carbonyl (C=O) groups excluding carboxylic acids is 1. The van der Waals surface area contributed by atoms with Crippen molar-refractivity contribution in [3.8, 4) is 5.75 Å². The second kappa shape index (κ2) is 12.6. The van der Waals surface area contributed by atoms with E-state index in [0.717, 1.165) is 55.5 Å². The van der Waals surface area contributed by atoms with Gasteiger partial charge in [-0.05, 0) is 68.6 Å². The summed E-state index contributed by atoms with van der Waals surface area (Å²) in [5, 5.41) is 20.2. The minimum absolute atomic E-state index is 0.0235. The zero-order valence-electron chi connectivity index (χ0n) is 21.6. The van der Waals surface area contributed by atoms with Crippen LogP contribution in [0.3, 0.4) is 0 Å². The van der Waals surface area contributed by atoms with Gasteiger partial charge in [0, 0.05) is 36.5 Å². The van der Waals surface area contributed by atoms with E-state index >= 15 is 0 Å². The summed E-state index contributed by atoms with van der Waals surface area (Å²) in [7, 11) is 0. The molecule has 5 rings (SSSR count). The first-order valence-electron chi connectivity index (χ1n) is 13.1. The molecule has 1 fully saturated rings. The molecule has 2 aromatic carbocycles. The molecule has 0 spiro atoms. The number of benzene rings is 2. The van der Waals surface area contributed by atoms with Crippen molar-refractivity contribution < 1.29 is 19.0 Å². The van der Waals surface area contributed by atoms with E-state index in [9.17, 15) is 14.3 Å². The molecule has 0 radical (unpaired) electrons. The van der Waals surface area contributed by atoms with Gasteiger partial charge < -0.3 is 25.4 Å². The number of likely N-dealkylation sites (tertiary alicyclic amines) is 1. The summed E-state index contributed by atoms with van der Waals surface area (Å²) in [5.74, 6) is 1.08. The van der Waals surface area contributed by atoms with E-state index in [1.54, 1.807) is 18.5 Å². The average Bonchev–Trinajstić information content (AvgIpc) is 3.37. The molecule has 3 N–H and O–H groups in total. The Morgan fingerprint density at radius 2 is 2.00 bits per heavy atom. The van der Waals surface area contributed by atoms with Crippen LogP contribution in [0.15, 0.2) is 61.2 Å². The number of halogens is 1. The summed E-state index contributed by atoms with van der Waals surface area (Å²) in [6.45, 7) is 3.95. The lowest BCUT2D eigenvalue weighted by atomic mass is 9.98. The summed E-state index contributed by atoms with van der Waals surface area (Å²) >= 11 is 0. The number of ether oxygens (including phenoxy) is 1. The quantitative estimate of drug-likeness (QED) is 0.249. The van der Waals surface area contributed by atoms with Crippen LogP contribution in [0, 0.1) is 11.7 Å². The molecule has 1 aliphatic rings. The van der Waals surface area contributed by atoms with E-state index in [0.29, 0.717) is 36.3 Å². The molecule has 2 aromatic heterocycles. The summed E-state index contributed by atoms with van der Waals surface area (Å²) in [6, 6.07) is 11.5. The maximum absolute atomic E-state index is 13.3. The van der Waals surface area contributed by atoms with Gasteiger partial charge in [-0.3, -0.25) is 9.48 Å². The van der Waals surface area contributed by atoms with E-state index in [1.807, 2.05) is 18.2 Å². The van der Waals surface area contributed by atoms with Crippen molar-refractivity contribution in [2.75, 3.05) is 43.5 Å². The topological polar surface area (TPSA) is 117 Å². The predicted octanol–water partition coefficient (Wildman–Crippen LogP) is 3.82. The van der Waals surface area contributed by atoms with E-state index in [4.69, 9.17) is 4.74 Å². The molecule has 0 atom stereocenters. The number of nitrogens with one attached hydrogen (secondary N) is 2. The van der Waals surface area contributed by atoms with Gasteiger partial charge in [-0.15, -0.1) is 0 Å². The Balaban J connectivity index is 1.13. The number of hydrogen-bond donors (Lipinski definition) is 3. The fourth-order valence-corrected chi connectivity index (χ4v) is 4.66. The standard InChI is InChI=1S/C28H32FN7O3/c29-21-3-1-4-22(13-21)33-27(38)17-36-16-23(15-32-36)34-28-25-6-5-24(14-26(25)30-19-31-28)39-12-2-9-35-10-7-20(18-37)8-11-35/h1,3-6,13-16,19-20,37H,2,7-12,17-18H2,(H,33,38)(H,30,31,34). The number of aromatic nitrogens is 4. The first-order valence-corrected chi connectivity index (χ1v) is 13.1. The minimum atomic E-state index is -0.417. The second-order valence-electron chi connectivity index (χ2n) is 9.68. The number of carbonyl (C=O) groups is 1. The van der Waals surface area contributed by atoms with Crippen molar-refractivity contribution >= 4 is 34.0 Å². The fourth-order valence-electron chi connectivity index (χ4n) is 4.66. The molecule has 10 nitrogen and oxygen atoms in total. The third-order valence-electron chi connectivity index (χ3n) is 6.77. The zero-order chi connectivity index (χ0) is 27.0. The zero-order valence-corrected chi connectivity index (χ0v) is 21.6. The highest BCUT2D eigenvalue weighted by Crippen LogP contribution is 2.26. The van der Waals surface area contributed by atoms with Crippen molar-refractivity contribution in [1.82, 2.24) is 24.6 Å². The van der Waals surface area contributed by atoms with Crippen LogP contribution in [0.1, 0.15) is 19.3 Å². The van der Waals surface area contributed by atoms with Crippen LogP contribution in [0.2, 0.25) is 0 Å². The molecule has 3 heterocycles. The molecule has 0 saturated carbocycles. The Bertz CT molecular complexity index is 1400. The van der Waals surface area contributed by atoms with Gasteiger partial charge in [0.05, 0.1) is 24.0 Å². The third kappa shape index (κ3) is 7.27. The van der Waals surface area contributed by atoms with Crippen LogP contribution in [-0.4, -0.2) is 68.5 Å². The van der Waals surface area contributed by atoms with Crippen LogP contribution in [-0.2, 0) is 11.3 Å². The molecule has 0 aliphatic carbocycles. The third-order valence-corrected chi connectivity index (χ3v) is 6.77. The number of nitrogens with zero attached hydrogens (tertiary/aromatic N) is 5. The number of hydrogen-bond acceptors (Lipinski definition) is 8. The summed E-state index contributed by atoms with van der Waals surface area (Å²) in [4.78, 5) is 23.5. The van der Waals surface area contributed by atoms with E-state index < -0.39 is 5.82 Å². The Morgan fingerprint density at radius 1 is 1.13 bits per heavy atom. The Hall–Kier alpha value is -4.09. The van der Waals surface area contributed by atoms with Crippen molar-refractivity contribution in [2.45, 2.75) is 25.8 Å². The number of aliphatic hydroxyl groups excluding tert-OH is 1. The van der Waals surface area contributed by atoms with Crippen molar-refractivity contribution in [3.05, 3.63) is 67.0 Å². The van der Waals surface area contributed by atoms with Gasteiger partial charge in [-0.25, -0.2) is 14.4 Å². The highest BCUT2D eigenvalue weighted by atomic mass is 19.1. The van der Waals surface area contributed by atoms with Gasteiger partial charge in [-0.1, -0.05) is 6.07 Å². The highest BCUT2D eigenvalue weighted by molar-refractivity contribution is 5.92. The van der Waals surface area contributed by atoms with Crippen molar-refractivity contribution in [3.63, 3.8) is 0 Å². The Labute approximate surface area is 225 Å². The van der Waals surface area contributed by atoms with Crippen LogP contribution in [0.4, 0.5) is 21.6 Å². The first-order chi connectivity index (χ1) is 19.1.